The van der Waals surface area contributed by atoms with E-state index < -0.39 is 25.7 Å². The summed E-state index contributed by atoms with van der Waals surface area (Å²) in [5, 5.41) is 0. The minimum atomic E-state index is -5.90. The molecule has 0 radical (unpaired) electrons. The number of halogens is 3. The minimum absolute atomic E-state index is 0. The fraction of sp³-hybridized carbons (Fsp3) is 1.00. The average molecular weight is 324 g/mol. The second kappa shape index (κ2) is 7.14. The van der Waals surface area contributed by atoms with Gasteiger partial charge in [0.25, 0.3) is 10.2 Å². The Morgan fingerprint density at radius 2 is 1.41 bits per heavy atom. The predicted molar refractivity (Wildman–Crippen MR) is 57.1 cm³/mol. The normalized spacial score (nSPS) is 13.5. The first-order chi connectivity index (χ1) is 6.98. The Labute approximate surface area is 141 Å². The quantitative estimate of drug-likeness (QED) is 0.682. The second-order valence-corrected chi connectivity index (χ2v) is 6.22. The number of sulfonamides is 1. The molecule has 6 nitrogen and oxygen atoms in total. The first-order valence-electron chi connectivity index (χ1n) is 4.08. The Balaban J connectivity index is 0. The Kier molecular flexibility index (Phi) is 8.64. The third kappa shape index (κ3) is 5.82. The van der Waals surface area contributed by atoms with E-state index in [1.165, 1.54) is 13.8 Å². The number of nitrogens with zero attached hydrogens (tertiary/aromatic N) is 1. The van der Waals surface area contributed by atoms with Gasteiger partial charge in [0, 0.05) is 13.1 Å². The summed E-state index contributed by atoms with van der Waals surface area (Å²) < 4.78 is 80.4. The van der Waals surface area contributed by atoms with Gasteiger partial charge >= 0.3 is 66.9 Å². The summed E-state index contributed by atoms with van der Waals surface area (Å²) in [6, 6.07) is 0. The van der Waals surface area contributed by atoms with Gasteiger partial charge < -0.3 is 0 Å². The fourth-order valence-corrected chi connectivity index (χ4v) is 3.39. The zero-order valence-electron chi connectivity index (χ0n) is 8.44. The molecule has 0 bridgehead atoms. The molecule has 0 aliphatic carbocycles. The number of rotatable bonds is 5. The molecule has 0 aromatic heterocycles. The molecule has 0 fully saturated rings. The number of nitrogens with one attached hydrogen (secondary N) is 1. The summed E-state index contributed by atoms with van der Waals surface area (Å²) in [4.78, 5) is 0. The molecule has 1 N–H and O–H groups in total. The molecular formula is C5H12F3KN2O4S2. The van der Waals surface area contributed by atoms with E-state index >= 15 is 0 Å². The summed E-state index contributed by atoms with van der Waals surface area (Å²) in [5.41, 5.74) is -5.66. The average Bonchev–Trinajstić information content (AvgIpc) is 2.00. The van der Waals surface area contributed by atoms with Crippen LogP contribution in [0, 0.1) is 0 Å². The van der Waals surface area contributed by atoms with Crippen molar-refractivity contribution >= 4 is 71.6 Å². The molecule has 0 atom stereocenters. The molecule has 0 saturated heterocycles. The second-order valence-electron chi connectivity index (χ2n) is 2.62. The van der Waals surface area contributed by atoms with E-state index in [1.807, 2.05) is 0 Å². The van der Waals surface area contributed by atoms with Gasteiger partial charge in [-0.2, -0.15) is 25.9 Å². The van der Waals surface area contributed by atoms with Gasteiger partial charge in [-0.1, -0.05) is 18.0 Å². The van der Waals surface area contributed by atoms with E-state index in [9.17, 15) is 30.0 Å². The molecule has 0 aliphatic heterocycles. The SMILES string of the molecule is CCN(CC)S(=O)(=O)NS(=O)(=O)C(F)(F)F.[KH]. The van der Waals surface area contributed by atoms with Crippen LogP contribution in [0.5, 0.6) is 0 Å². The molecule has 0 unspecified atom stereocenters. The van der Waals surface area contributed by atoms with Gasteiger partial charge in [-0.3, -0.25) is 0 Å². The molecule has 0 aromatic carbocycles. The van der Waals surface area contributed by atoms with Gasteiger partial charge in [-0.25, -0.2) is 8.42 Å². The van der Waals surface area contributed by atoms with Crippen molar-refractivity contribution < 1.29 is 30.0 Å². The molecule has 0 spiro atoms. The van der Waals surface area contributed by atoms with Crippen molar-refractivity contribution in [1.29, 1.82) is 0 Å². The van der Waals surface area contributed by atoms with Gasteiger partial charge in [0.05, 0.1) is 0 Å². The molecule has 0 heterocycles. The van der Waals surface area contributed by atoms with Crippen LogP contribution in [0.25, 0.3) is 0 Å². The van der Waals surface area contributed by atoms with Crippen molar-refractivity contribution in [2.24, 2.45) is 0 Å². The summed E-state index contributed by atoms with van der Waals surface area (Å²) in [5.74, 6) is 0. The van der Waals surface area contributed by atoms with Gasteiger partial charge in [0.2, 0.25) is 0 Å². The Morgan fingerprint density at radius 1 is 1.06 bits per heavy atom. The molecule has 0 aliphatic rings. The molecule has 0 aromatic rings. The van der Waals surface area contributed by atoms with E-state index in [-0.39, 0.29) is 64.5 Å². The van der Waals surface area contributed by atoms with E-state index in [0.717, 1.165) is 0 Å². The van der Waals surface area contributed by atoms with Crippen LogP contribution in [0.2, 0.25) is 0 Å². The van der Waals surface area contributed by atoms with Crippen LogP contribution in [0.4, 0.5) is 13.2 Å². The van der Waals surface area contributed by atoms with Crippen molar-refractivity contribution in [1.82, 2.24) is 8.43 Å². The molecule has 12 heteroatoms. The van der Waals surface area contributed by atoms with E-state index in [4.69, 9.17) is 0 Å². The Bertz CT molecular complexity index is 429. The van der Waals surface area contributed by atoms with Crippen LogP contribution in [0.1, 0.15) is 13.8 Å². The third-order valence-electron chi connectivity index (χ3n) is 1.57. The summed E-state index contributed by atoms with van der Waals surface area (Å²) in [7, 11) is -10.6. The topological polar surface area (TPSA) is 83.6 Å². The first kappa shape index (κ1) is 20.6. The zero-order valence-corrected chi connectivity index (χ0v) is 10.1. The summed E-state index contributed by atoms with van der Waals surface area (Å²) in [6.45, 7) is 2.45. The molecule has 0 amide bonds. The van der Waals surface area contributed by atoms with E-state index in [2.05, 4.69) is 0 Å². The van der Waals surface area contributed by atoms with Gasteiger partial charge in [-0.15, -0.1) is 0 Å². The first-order valence-corrected chi connectivity index (χ1v) is 7.00. The number of hydrogen-bond acceptors (Lipinski definition) is 4. The van der Waals surface area contributed by atoms with Crippen LogP contribution in [0.15, 0.2) is 0 Å². The molecule has 0 saturated carbocycles. The van der Waals surface area contributed by atoms with E-state index in [1.54, 1.807) is 0 Å². The predicted octanol–water partition coefficient (Wildman–Crippen LogP) is -0.636. The van der Waals surface area contributed by atoms with Crippen LogP contribution in [-0.4, -0.2) is 91.1 Å². The van der Waals surface area contributed by atoms with Crippen LogP contribution in [0.3, 0.4) is 0 Å². The van der Waals surface area contributed by atoms with Crippen LogP contribution < -0.4 is 4.13 Å². The molecular weight excluding hydrogens is 312 g/mol. The Morgan fingerprint density at radius 3 is 1.65 bits per heavy atom. The van der Waals surface area contributed by atoms with Crippen LogP contribution in [-0.2, 0) is 20.2 Å². The zero-order chi connectivity index (χ0) is 13.2. The maximum atomic E-state index is 11.9. The van der Waals surface area contributed by atoms with Crippen molar-refractivity contribution in [3.8, 4) is 0 Å². The van der Waals surface area contributed by atoms with Gasteiger partial charge in [0.1, 0.15) is 0 Å². The number of hydrogen-bond donors (Lipinski definition) is 1. The fourth-order valence-electron chi connectivity index (χ4n) is 0.802. The van der Waals surface area contributed by atoms with Crippen molar-refractivity contribution in [2.75, 3.05) is 13.1 Å². The monoisotopic (exact) mass is 324 g/mol. The molecule has 100 valence electrons. The van der Waals surface area contributed by atoms with Crippen molar-refractivity contribution in [3.05, 3.63) is 0 Å². The number of alkyl halides is 3. The summed E-state index contributed by atoms with van der Waals surface area (Å²) >= 11 is 0. The van der Waals surface area contributed by atoms with Gasteiger partial charge in [-0.05, 0) is 0 Å². The summed E-state index contributed by atoms with van der Waals surface area (Å²) in [6.07, 6.45) is 0. The van der Waals surface area contributed by atoms with E-state index in [0.29, 0.717) is 8.43 Å². The van der Waals surface area contributed by atoms with Crippen molar-refractivity contribution in [3.63, 3.8) is 0 Å². The Hall–Kier alpha value is 1.25. The van der Waals surface area contributed by atoms with Crippen molar-refractivity contribution in [2.45, 2.75) is 19.4 Å². The molecule has 0 rings (SSSR count). The standard InChI is InChI=1S/C5H11F3N2O4S2.K.H/c1-3-10(4-2)16(13,14)9-15(11,12)5(6,7)8;;/h9H,3-4H2,1-2H3;;. The molecule has 17 heavy (non-hydrogen) atoms. The van der Waals surface area contributed by atoms with Gasteiger partial charge in [0.15, 0.2) is 0 Å². The third-order valence-corrected chi connectivity index (χ3v) is 5.09. The maximum absolute atomic E-state index is 11.9. The van der Waals surface area contributed by atoms with Crippen LogP contribution >= 0.6 is 0 Å².